The first-order valence-corrected chi connectivity index (χ1v) is 12.0. The predicted molar refractivity (Wildman–Crippen MR) is 144 cm³/mol. The lowest BCUT2D eigenvalue weighted by atomic mass is 10.1. The van der Waals surface area contributed by atoms with Crippen LogP contribution in [0.5, 0.6) is 6.01 Å². The minimum atomic E-state index is -0.153. The van der Waals surface area contributed by atoms with Crippen LogP contribution in [0.1, 0.15) is 29.8 Å². The fraction of sp³-hybridized carbons (Fsp3) is 0.167. The highest BCUT2D eigenvalue weighted by Crippen LogP contribution is 2.27. The number of fused-ring (bicyclic) bond motifs is 1. The second kappa shape index (κ2) is 10.0. The molecule has 36 heavy (non-hydrogen) atoms. The van der Waals surface area contributed by atoms with Crippen LogP contribution in [0.4, 0.5) is 5.69 Å². The first-order chi connectivity index (χ1) is 17.5. The van der Waals surface area contributed by atoms with Crippen molar-refractivity contribution in [2.75, 3.05) is 11.9 Å². The van der Waals surface area contributed by atoms with Gasteiger partial charge in [-0.1, -0.05) is 68.4 Å². The van der Waals surface area contributed by atoms with Crippen LogP contribution in [-0.2, 0) is 0 Å². The molecule has 0 aliphatic rings. The van der Waals surface area contributed by atoms with Gasteiger partial charge in [-0.05, 0) is 65.6 Å². The Morgan fingerprint density at radius 1 is 0.917 bits per heavy atom. The number of carbonyl (C=O) groups excluding carboxylic acids is 1. The number of rotatable bonds is 7. The Hall–Kier alpha value is -4.45. The van der Waals surface area contributed by atoms with Gasteiger partial charge in [0.15, 0.2) is 5.82 Å². The molecular formula is C30H28N4O2. The number of amides is 1. The fourth-order valence-electron chi connectivity index (χ4n) is 3.99. The van der Waals surface area contributed by atoms with Gasteiger partial charge in [0.05, 0.1) is 12.3 Å². The molecule has 5 rings (SSSR count). The summed E-state index contributed by atoms with van der Waals surface area (Å²) in [6.45, 7) is 6.76. The Bertz CT molecular complexity index is 1520. The number of anilines is 1. The summed E-state index contributed by atoms with van der Waals surface area (Å²) in [6.07, 6.45) is 0. The van der Waals surface area contributed by atoms with Crippen LogP contribution in [0.15, 0.2) is 91.0 Å². The van der Waals surface area contributed by atoms with E-state index in [4.69, 9.17) is 4.74 Å². The summed E-state index contributed by atoms with van der Waals surface area (Å²) in [7, 11) is 0. The zero-order valence-corrected chi connectivity index (χ0v) is 20.6. The molecule has 0 atom stereocenters. The Kier molecular flexibility index (Phi) is 6.50. The van der Waals surface area contributed by atoms with Gasteiger partial charge in [0.2, 0.25) is 0 Å². The average Bonchev–Trinajstić information content (AvgIpc) is 3.32. The van der Waals surface area contributed by atoms with Crippen LogP contribution in [0.25, 0.3) is 27.8 Å². The molecule has 0 unspecified atom stereocenters. The molecule has 0 bridgehead atoms. The zero-order chi connectivity index (χ0) is 25.1. The Labute approximate surface area is 210 Å². The lowest BCUT2D eigenvalue weighted by Gasteiger charge is -2.10. The molecule has 0 aliphatic carbocycles. The number of benzene rings is 4. The van der Waals surface area contributed by atoms with Gasteiger partial charge in [0.25, 0.3) is 5.91 Å². The minimum absolute atomic E-state index is 0.153. The number of nitrogens with zero attached hydrogens (tertiary/aromatic N) is 3. The van der Waals surface area contributed by atoms with E-state index in [0.717, 1.165) is 27.6 Å². The Morgan fingerprint density at radius 2 is 1.64 bits per heavy atom. The normalized spacial score (nSPS) is 11.1. The van der Waals surface area contributed by atoms with Crippen molar-refractivity contribution in [3.8, 4) is 23.1 Å². The van der Waals surface area contributed by atoms with Gasteiger partial charge in [0, 0.05) is 16.8 Å². The topological polar surface area (TPSA) is 69.0 Å². The largest absolute Gasteiger partial charge is 0.462 e. The summed E-state index contributed by atoms with van der Waals surface area (Å²) >= 11 is 0. The van der Waals surface area contributed by atoms with E-state index in [-0.39, 0.29) is 5.91 Å². The van der Waals surface area contributed by atoms with Crippen molar-refractivity contribution in [3.05, 3.63) is 102 Å². The maximum Gasteiger partial charge on any atom is 0.336 e. The average molecular weight is 477 g/mol. The third-order valence-corrected chi connectivity index (χ3v) is 5.90. The Morgan fingerprint density at radius 3 is 2.39 bits per heavy atom. The van der Waals surface area contributed by atoms with Crippen LogP contribution in [0.3, 0.4) is 0 Å². The quantitative estimate of drug-likeness (QED) is 0.284. The van der Waals surface area contributed by atoms with E-state index in [9.17, 15) is 4.79 Å². The summed E-state index contributed by atoms with van der Waals surface area (Å²) < 4.78 is 7.61. The molecule has 6 heteroatoms. The smallest absolute Gasteiger partial charge is 0.336 e. The molecule has 0 spiro atoms. The highest BCUT2D eigenvalue weighted by atomic mass is 16.5. The molecule has 1 amide bonds. The van der Waals surface area contributed by atoms with Crippen molar-refractivity contribution >= 4 is 22.4 Å². The molecule has 180 valence electrons. The highest BCUT2D eigenvalue weighted by Gasteiger charge is 2.17. The molecule has 0 saturated carbocycles. The van der Waals surface area contributed by atoms with Gasteiger partial charge in [-0.25, -0.2) is 4.68 Å². The van der Waals surface area contributed by atoms with Crippen molar-refractivity contribution in [1.82, 2.24) is 14.8 Å². The molecule has 1 heterocycles. The number of carbonyl (C=O) groups is 1. The third kappa shape index (κ3) is 4.98. The second-order valence-electron chi connectivity index (χ2n) is 9.21. The maximum atomic E-state index is 12.9. The van der Waals surface area contributed by atoms with E-state index in [0.29, 0.717) is 35.6 Å². The number of ether oxygens (including phenoxy) is 1. The molecule has 1 N–H and O–H groups in total. The van der Waals surface area contributed by atoms with Crippen molar-refractivity contribution in [1.29, 1.82) is 0 Å². The lowest BCUT2D eigenvalue weighted by Crippen LogP contribution is -2.12. The molecule has 5 aromatic rings. The lowest BCUT2D eigenvalue weighted by molar-refractivity contribution is 0.102. The van der Waals surface area contributed by atoms with E-state index in [1.165, 1.54) is 0 Å². The predicted octanol–water partition coefficient (Wildman–Crippen LogP) is 6.68. The first kappa shape index (κ1) is 23.3. The van der Waals surface area contributed by atoms with Gasteiger partial charge in [0.1, 0.15) is 0 Å². The molecule has 0 fully saturated rings. The number of aromatic nitrogens is 3. The zero-order valence-electron chi connectivity index (χ0n) is 20.6. The SMILES string of the molecule is Cc1ccccc1-c1nc(OCC(C)C)nn1-c1ccc(NC(=O)c2ccc3ccccc3c2)cc1. The number of hydrogen-bond acceptors (Lipinski definition) is 4. The van der Waals surface area contributed by atoms with Crippen LogP contribution < -0.4 is 10.1 Å². The molecule has 0 saturated heterocycles. The molecule has 4 aromatic carbocycles. The van der Waals surface area contributed by atoms with Gasteiger partial charge < -0.3 is 10.1 Å². The van der Waals surface area contributed by atoms with Crippen molar-refractivity contribution in [2.45, 2.75) is 20.8 Å². The van der Waals surface area contributed by atoms with E-state index in [1.807, 2.05) is 84.9 Å². The van der Waals surface area contributed by atoms with Crippen LogP contribution in [0, 0.1) is 12.8 Å². The van der Waals surface area contributed by atoms with Crippen LogP contribution in [0.2, 0.25) is 0 Å². The maximum absolute atomic E-state index is 12.9. The van der Waals surface area contributed by atoms with E-state index < -0.39 is 0 Å². The third-order valence-electron chi connectivity index (χ3n) is 5.90. The molecular weight excluding hydrogens is 448 g/mol. The van der Waals surface area contributed by atoms with Gasteiger partial charge in [-0.2, -0.15) is 4.98 Å². The molecule has 1 aromatic heterocycles. The molecule has 0 aliphatic heterocycles. The monoisotopic (exact) mass is 476 g/mol. The van der Waals surface area contributed by atoms with Crippen molar-refractivity contribution in [3.63, 3.8) is 0 Å². The summed E-state index contributed by atoms with van der Waals surface area (Å²) in [5.74, 6) is 0.920. The van der Waals surface area contributed by atoms with E-state index in [2.05, 4.69) is 42.2 Å². The fourth-order valence-corrected chi connectivity index (χ4v) is 3.99. The summed E-state index contributed by atoms with van der Waals surface area (Å²) in [6, 6.07) is 29.7. The standard InChI is InChI=1S/C30H28N4O2/c1-20(2)19-36-30-32-28(27-11-7-4-8-21(27)3)34(33-30)26-16-14-25(15-17-26)31-29(35)24-13-12-22-9-5-6-10-23(22)18-24/h4-18,20H,19H2,1-3H3,(H,31,35). The van der Waals surface area contributed by atoms with Crippen molar-refractivity contribution < 1.29 is 9.53 Å². The number of hydrogen-bond donors (Lipinski definition) is 1. The summed E-state index contributed by atoms with van der Waals surface area (Å²) in [5, 5.41) is 9.76. The summed E-state index contributed by atoms with van der Waals surface area (Å²) in [4.78, 5) is 17.5. The van der Waals surface area contributed by atoms with Crippen LogP contribution in [-0.4, -0.2) is 27.3 Å². The van der Waals surface area contributed by atoms with Gasteiger partial charge in [-0.15, -0.1) is 5.10 Å². The second-order valence-corrected chi connectivity index (χ2v) is 9.21. The minimum Gasteiger partial charge on any atom is -0.462 e. The summed E-state index contributed by atoms with van der Waals surface area (Å²) in [5.41, 5.74) is 4.22. The van der Waals surface area contributed by atoms with Crippen molar-refractivity contribution in [2.24, 2.45) is 5.92 Å². The van der Waals surface area contributed by atoms with Gasteiger partial charge in [-0.3, -0.25) is 4.79 Å². The van der Waals surface area contributed by atoms with E-state index >= 15 is 0 Å². The molecule has 6 nitrogen and oxygen atoms in total. The number of aryl methyl sites for hydroxylation is 1. The number of nitrogens with one attached hydrogen (secondary N) is 1. The van der Waals surface area contributed by atoms with Gasteiger partial charge >= 0.3 is 6.01 Å². The first-order valence-electron chi connectivity index (χ1n) is 12.0. The Balaban J connectivity index is 1.41. The molecule has 0 radical (unpaired) electrons. The van der Waals surface area contributed by atoms with Crippen LogP contribution >= 0.6 is 0 Å². The van der Waals surface area contributed by atoms with E-state index in [1.54, 1.807) is 4.68 Å². The highest BCUT2D eigenvalue weighted by molar-refractivity contribution is 6.06.